The average Bonchev–Trinajstić information content (AvgIpc) is 3.01. The van der Waals surface area contributed by atoms with E-state index in [1.165, 1.54) is 5.56 Å². The van der Waals surface area contributed by atoms with Gasteiger partial charge >= 0.3 is 0 Å². The number of nitrogens with zero attached hydrogens (tertiary/aromatic N) is 2. The van der Waals surface area contributed by atoms with Gasteiger partial charge in [-0.05, 0) is 31.6 Å². The fourth-order valence-electron chi connectivity index (χ4n) is 3.47. The molecule has 3 rings (SSSR count). The molecule has 3 atom stereocenters. The van der Waals surface area contributed by atoms with Gasteiger partial charge < -0.3 is 15.1 Å². The van der Waals surface area contributed by atoms with Crippen LogP contribution >= 0.6 is 0 Å². The smallest absolute Gasteiger partial charge is 0.245 e. The first kappa shape index (κ1) is 13.4. The van der Waals surface area contributed by atoms with Crippen LogP contribution in [0.5, 0.6) is 0 Å². The summed E-state index contributed by atoms with van der Waals surface area (Å²) in [6.45, 7) is 3.95. The summed E-state index contributed by atoms with van der Waals surface area (Å²) in [6, 6.07) is 8.60. The van der Waals surface area contributed by atoms with Gasteiger partial charge in [-0.1, -0.05) is 25.1 Å². The van der Waals surface area contributed by atoms with E-state index in [9.17, 15) is 4.79 Å². The van der Waals surface area contributed by atoms with Crippen LogP contribution < -0.4 is 5.32 Å². The molecular formula is C16H23N3O. The van der Waals surface area contributed by atoms with Crippen LogP contribution in [0.4, 0.5) is 5.69 Å². The van der Waals surface area contributed by atoms with Crippen molar-refractivity contribution in [1.82, 2.24) is 9.80 Å². The van der Waals surface area contributed by atoms with E-state index in [2.05, 4.69) is 43.4 Å². The summed E-state index contributed by atoms with van der Waals surface area (Å²) in [6.07, 6.45) is 0.812. The fraction of sp³-hybridized carbons (Fsp3) is 0.562. The van der Waals surface area contributed by atoms with Crippen molar-refractivity contribution in [2.75, 3.05) is 32.5 Å². The summed E-state index contributed by atoms with van der Waals surface area (Å²) < 4.78 is 0. The van der Waals surface area contributed by atoms with Gasteiger partial charge in [-0.15, -0.1) is 0 Å². The fourth-order valence-corrected chi connectivity index (χ4v) is 3.47. The molecule has 0 saturated carbocycles. The number of para-hydroxylation sites is 1. The second-order valence-corrected chi connectivity index (χ2v) is 6.31. The van der Waals surface area contributed by atoms with Crippen LogP contribution in [0.3, 0.4) is 0 Å². The highest BCUT2D eigenvalue weighted by Gasteiger charge is 2.37. The lowest BCUT2D eigenvalue weighted by molar-refractivity contribution is -0.131. The number of carbonyl (C=O) groups excluding carboxylic acids is 1. The highest BCUT2D eigenvalue weighted by Crippen LogP contribution is 2.28. The minimum absolute atomic E-state index is 0.0829. The number of amides is 1. The zero-order valence-corrected chi connectivity index (χ0v) is 12.5. The Balaban J connectivity index is 1.67. The highest BCUT2D eigenvalue weighted by atomic mass is 16.2. The van der Waals surface area contributed by atoms with Crippen molar-refractivity contribution in [2.45, 2.75) is 25.4 Å². The summed E-state index contributed by atoms with van der Waals surface area (Å²) in [5.74, 6) is 0.787. The molecule has 20 heavy (non-hydrogen) atoms. The topological polar surface area (TPSA) is 35.6 Å². The second-order valence-electron chi connectivity index (χ2n) is 6.31. The van der Waals surface area contributed by atoms with E-state index < -0.39 is 0 Å². The predicted molar refractivity (Wildman–Crippen MR) is 80.8 cm³/mol. The lowest BCUT2D eigenvalue weighted by Gasteiger charge is -2.23. The Morgan fingerprint density at radius 3 is 2.70 bits per heavy atom. The molecule has 0 aromatic heterocycles. The number of rotatable bonds is 2. The normalized spacial score (nSPS) is 28.6. The molecule has 1 aromatic carbocycles. The van der Waals surface area contributed by atoms with Crippen LogP contribution in [0.2, 0.25) is 0 Å². The van der Waals surface area contributed by atoms with Gasteiger partial charge in [0.2, 0.25) is 5.91 Å². The zero-order chi connectivity index (χ0) is 14.3. The first-order chi connectivity index (χ1) is 9.56. The van der Waals surface area contributed by atoms with Gasteiger partial charge in [0.05, 0.1) is 0 Å². The molecule has 108 valence electrons. The number of nitrogens with one attached hydrogen (secondary N) is 1. The highest BCUT2D eigenvalue weighted by molar-refractivity contribution is 5.87. The van der Waals surface area contributed by atoms with Gasteiger partial charge in [0.15, 0.2) is 0 Å². The molecule has 2 heterocycles. The molecule has 2 aliphatic rings. The van der Waals surface area contributed by atoms with Gasteiger partial charge in [0.25, 0.3) is 0 Å². The maximum Gasteiger partial charge on any atom is 0.245 e. The third-order valence-corrected chi connectivity index (χ3v) is 4.62. The lowest BCUT2D eigenvalue weighted by Crippen LogP contribution is -2.42. The number of likely N-dealkylation sites (N-methyl/N-ethyl adjacent to an activating group) is 1. The van der Waals surface area contributed by atoms with Gasteiger partial charge in [-0.2, -0.15) is 0 Å². The molecule has 1 fully saturated rings. The first-order valence-corrected chi connectivity index (χ1v) is 7.36. The van der Waals surface area contributed by atoms with Crippen molar-refractivity contribution < 1.29 is 4.79 Å². The summed E-state index contributed by atoms with van der Waals surface area (Å²) in [7, 11) is 4.19. The molecule has 4 nitrogen and oxygen atoms in total. The second kappa shape index (κ2) is 5.09. The molecule has 1 aromatic rings. The van der Waals surface area contributed by atoms with Crippen molar-refractivity contribution in [2.24, 2.45) is 5.92 Å². The van der Waals surface area contributed by atoms with E-state index in [4.69, 9.17) is 0 Å². The minimum atomic E-state index is -0.0829. The van der Waals surface area contributed by atoms with Gasteiger partial charge in [-0.25, -0.2) is 0 Å². The molecule has 0 radical (unpaired) electrons. The van der Waals surface area contributed by atoms with E-state index in [0.717, 1.165) is 25.2 Å². The molecule has 0 bridgehead atoms. The third kappa shape index (κ3) is 2.29. The number of anilines is 1. The molecular weight excluding hydrogens is 250 g/mol. The van der Waals surface area contributed by atoms with Crippen molar-refractivity contribution in [3.8, 4) is 0 Å². The maximum atomic E-state index is 12.7. The Hall–Kier alpha value is -1.55. The van der Waals surface area contributed by atoms with Crippen LogP contribution in [0.15, 0.2) is 24.3 Å². The molecule has 4 heteroatoms. The summed E-state index contributed by atoms with van der Waals surface area (Å²) >= 11 is 0. The lowest BCUT2D eigenvalue weighted by atomic mass is 10.1. The number of hydrogen-bond acceptors (Lipinski definition) is 3. The average molecular weight is 273 g/mol. The van der Waals surface area contributed by atoms with Crippen molar-refractivity contribution in [3.63, 3.8) is 0 Å². The first-order valence-electron chi connectivity index (χ1n) is 7.36. The van der Waals surface area contributed by atoms with E-state index in [1.807, 2.05) is 17.0 Å². The Kier molecular flexibility index (Phi) is 3.42. The number of benzene rings is 1. The van der Waals surface area contributed by atoms with Crippen LogP contribution in [0.25, 0.3) is 0 Å². The van der Waals surface area contributed by atoms with Crippen molar-refractivity contribution >= 4 is 11.6 Å². The van der Waals surface area contributed by atoms with Crippen LogP contribution in [0, 0.1) is 5.92 Å². The maximum absolute atomic E-state index is 12.7. The Bertz CT molecular complexity index is 489. The SMILES string of the molecule is CC1CN(C(=O)C2Cc3ccccc3N2)CC1N(C)C. The van der Waals surface area contributed by atoms with Crippen molar-refractivity contribution in [1.29, 1.82) is 0 Å². The van der Waals surface area contributed by atoms with Gasteiger partial charge in [-0.3, -0.25) is 4.79 Å². The van der Waals surface area contributed by atoms with Gasteiger partial charge in [0, 0.05) is 31.2 Å². The largest absolute Gasteiger partial charge is 0.373 e. The quantitative estimate of drug-likeness (QED) is 0.885. The van der Waals surface area contributed by atoms with E-state index >= 15 is 0 Å². The molecule has 3 unspecified atom stereocenters. The van der Waals surface area contributed by atoms with Gasteiger partial charge in [0.1, 0.15) is 6.04 Å². The number of fused-ring (bicyclic) bond motifs is 1. The van der Waals surface area contributed by atoms with Crippen LogP contribution in [-0.4, -0.2) is 55.0 Å². The predicted octanol–water partition coefficient (Wildman–Crippen LogP) is 1.43. The van der Waals surface area contributed by atoms with E-state index in [0.29, 0.717) is 12.0 Å². The number of carbonyl (C=O) groups is 1. The molecule has 1 amide bonds. The standard InChI is InChI=1S/C16H23N3O/c1-11-9-19(10-15(11)18(2)3)16(20)14-8-12-6-4-5-7-13(12)17-14/h4-7,11,14-15,17H,8-10H2,1-3H3. The molecule has 1 N–H and O–H groups in total. The zero-order valence-electron chi connectivity index (χ0n) is 12.5. The molecule has 0 aliphatic carbocycles. The Morgan fingerprint density at radius 1 is 1.30 bits per heavy atom. The molecule has 0 spiro atoms. The number of likely N-dealkylation sites (tertiary alicyclic amines) is 1. The van der Waals surface area contributed by atoms with E-state index in [-0.39, 0.29) is 11.9 Å². The van der Waals surface area contributed by atoms with Crippen LogP contribution in [-0.2, 0) is 11.2 Å². The Morgan fingerprint density at radius 2 is 2.05 bits per heavy atom. The van der Waals surface area contributed by atoms with Crippen molar-refractivity contribution in [3.05, 3.63) is 29.8 Å². The minimum Gasteiger partial charge on any atom is -0.373 e. The number of hydrogen-bond donors (Lipinski definition) is 1. The molecule has 1 saturated heterocycles. The molecule has 2 aliphatic heterocycles. The summed E-state index contributed by atoms with van der Waals surface area (Å²) in [5, 5.41) is 3.37. The summed E-state index contributed by atoms with van der Waals surface area (Å²) in [4.78, 5) is 16.9. The Labute approximate surface area is 120 Å². The monoisotopic (exact) mass is 273 g/mol. The van der Waals surface area contributed by atoms with E-state index in [1.54, 1.807) is 0 Å². The third-order valence-electron chi connectivity index (χ3n) is 4.62. The van der Waals surface area contributed by atoms with Crippen LogP contribution in [0.1, 0.15) is 12.5 Å². The summed E-state index contributed by atoms with van der Waals surface area (Å²) in [5.41, 5.74) is 2.37.